The first-order valence-corrected chi connectivity index (χ1v) is 7.22. The van der Waals surface area contributed by atoms with Crippen LogP contribution in [-0.4, -0.2) is 22.5 Å². The lowest BCUT2D eigenvalue weighted by molar-refractivity contribution is -0.141. The summed E-state index contributed by atoms with van der Waals surface area (Å²) in [6, 6.07) is 5.36. The first-order chi connectivity index (χ1) is 11.3. The Hall–Kier alpha value is -2.64. The summed E-state index contributed by atoms with van der Waals surface area (Å²) in [6.07, 6.45) is -2.97. The molecule has 0 spiro atoms. The highest BCUT2D eigenvalue weighted by molar-refractivity contribution is 5.95. The molecule has 8 heteroatoms. The van der Waals surface area contributed by atoms with Crippen LogP contribution in [0.2, 0.25) is 0 Å². The van der Waals surface area contributed by atoms with Gasteiger partial charge in [-0.05, 0) is 32.0 Å². The Balaban J connectivity index is 2.11. The van der Waals surface area contributed by atoms with Gasteiger partial charge >= 0.3 is 6.18 Å². The number of hydrogen-bond donors (Lipinski definition) is 1. The summed E-state index contributed by atoms with van der Waals surface area (Å²) in [5.41, 5.74) is -0.254. The van der Waals surface area contributed by atoms with Gasteiger partial charge < -0.3 is 10.1 Å². The van der Waals surface area contributed by atoms with E-state index in [4.69, 9.17) is 4.74 Å². The minimum absolute atomic E-state index is 0.0125. The van der Waals surface area contributed by atoms with Crippen LogP contribution in [0.4, 0.5) is 13.2 Å². The van der Waals surface area contributed by atoms with Gasteiger partial charge in [-0.15, -0.1) is 0 Å². The molecule has 128 valence electrons. The molecule has 2 rings (SSSR count). The summed E-state index contributed by atoms with van der Waals surface area (Å²) >= 11 is 0. The van der Waals surface area contributed by atoms with Crippen LogP contribution >= 0.6 is 0 Å². The Morgan fingerprint density at radius 1 is 1.29 bits per heavy atom. The van der Waals surface area contributed by atoms with Crippen LogP contribution in [0, 0.1) is 6.92 Å². The van der Waals surface area contributed by atoms with Gasteiger partial charge in [0, 0.05) is 18.3 Å². The SMILES string of the molecule is CCOc1ncccc1CNC(=O)c1ccc(C(F)(F)F)nc1C. The maximum Gasteiger partial charge on any atom is 0.433 e. The molecule has 1 N–H and O–H groups in total. The monoisotopic (exact) mass is 339 g/mol. The zero-order chi connectivity index (χ0) is 17.7. The van der Waals surface area contributed by atoms with Crippen molar-refractivity contribution in [1.82, 2.24) is 15.3 Å². The van der Waals surface area contributed by atoms with Gasteiger partial charge in [0.25, 0.3) is 5.91 Å². The molecule has 1 amide bonds. The number of pyridine rings is 2. The van der Waals surface area contributed by atoms with Crippen molar-refractivity contribution in [2.24, 2.45) is 0 Å². The molecule has 2 aromatic rings. The van der Waals surface area contributed by atoms with E-state index >= 15 is 0 Å². The normalized spacial score (nSPS) is 11.2. The summed E-state index contributed by atoms with van der Waals surface area (Å²) in [4.78, 5) is 19.7. The highest BCUT2D eigenvalue weighted by Crippen LogP contribution is 2.28. The standard InChI is InChI=1S/C16H16F3N3O2/c1-3-24-15-11(5-4-8-20-15)9-21-14(23)12-6-7-13(16(17,18)19)22-10(12)2/h4-8H,3,9H2,1-2H3,(H,21,23). The number of nitrogens with zero attached hydrogens (tertiary/aromatic N) is 2. The van der Waals surface area contributed by atoms with E-state index in [-0.39, 0.29) is 17.8 Å². The van der Waals surface area contributed by atoms with Crippen molar-refractivity contribution in [3.05, 3.63) is 53.0 Å². The minimum Gasteiger partial charge on any atom is -0.478 e. The van der Waals surface area contributed by atoms with Gasteiger partial charge in [0.2, 0.25) is 5.88 Å². The van der Waals surface area contributed by atoms with E-state index in [2.05, 4.69) is 15.3 Å². The molecule has 0 aromatic carbocycles. The molecule has 0 unspecified atom stereocenters. The fraction of sp³-hybridized carbons (Fsp3) is 0.312. The molecule has 0 fully saturated rings. The molecule has 0 bridgehead atoms. The average Bonchev–Trinajstić information content (AvgIpc) is 2.53. The summed E-state index contributed by atoms with van der Waals surface area (Å²) in [5, 5.41) is 2.63. The van der Waals surface area contributed by atoms with Crippen molar-refractivity contribution in [2.45, 2.75) is 26.6 Å². The first-order valence-electron chi connectivity index (χ1n) is 7.22. The van der Waals surface area contributed by atoms with E-state index in [9.17, 15) is 18.0 Å². The number of ether oxygens (including phenoxy) is 1. The second-order valence-corrected chi connectivity index (χ2v) is 4.91. The van der Waals surface area contributed by atoms with Crippen LogP contribution in [0.25, 0.3) is 0 Å². The van der Waals surface area contributed by atoms with Gasteiger partial charge in [0.05, 0.1) is 17.9 Å². The molecule has 2 heterocycles. The molecule has 0 saturated carbocycles. The van der Waals surface area contributed by atoms with Crippen molar-refractivity contribution in [2.75, 3.05) is 6.61 Å². The van der Waals surface area contributed by atoms with Gasteiger partial charge in [-0.2, -0.15) is 13.2 Å². The van der Waals surface area contributed by atoms with Crippen molar-refractivity contribution >= 4 is 5.91 Å². The summed E-state index contributed by atoms with van der Waals surface area (Å²) in [7, 11) is 0. The lowest BCUT2D eigenvalue weighted by atomic mass is 10.1. The third-order valence-electron chi connectivity index (χ3n) is 3.19. The largest absolute Gasteiger partial charge is 0.478 e. The van der Waals surface area contributed by atoms with E-state index in [1.165, 1.54) is 6.92 Å². The van der Waals surface area contributed by atoms with Crippen molar-refractivity contribution in [3.63, 3.8) is 0 Å². The fourth-order valence-corrected chi connectivity index (χ4v) is 2.05. The van der Waals surface area contributed by atoms with E-state index in [1.807, 2.05) is 6.92 Å². The number of alkyl halides is 3. The smallest absolute Gasteiger partial charge is 0.433 e. The summed E-state index contributed by atoms with van der Waals surface area (Å²) in [5.74, 6) is -0.109. The predicted molar refractivity (Wildman–Crippen MR) is 80.6 cm³/mol. The van der Waals surface area contributed by atoms with Crippen LogP contribution in [0.1, 0.15) is 34.2 Å². The van der Waals surface area contributed by atoms with Gasteiger partial charge in [0.1, 0.15) is 5.69 Å². The maximum absolute atomic E-state index is 12.6. The van der Waals surface area contributed by atoms with Crippen LogP contribution in [0.5, 0.6) is 5.88 Å². The Kier molecular flexibility index (Phi) is 5.38. The number of halogens is 3. The van der Waals surface area contributed by atoms with Gasteiger partial charge in [-0.25, -0.2) is 9.97 Å². The molecule has 0 aliphatic carbocycles. The average molecular weight is 339 g/mol. The number of hydrogen-bond acceptors (Lipinski definition) is 4. The number of aromatic nitrogens is 2. The zero-order valence-corrected chi connectivity index (χ0v) is 13.1. The molecule has 0 aliphatic heterocycles. The molecular formula is C16H16F3N3O2. The van der Waals surface area contributed by atoms with Gasteiger partial charge in [-0.3, -0.25) is 4.79 Å². The van der Waals surface area contributed by atoms with E-state index in [0.29, 0.717) is 18.1 Å². The second-order valence-electron chi connectivity index (χ2n) is 4.91. The van der Waals surface area contributed by atoms with Crippen molar-refractivity contribution < 1.29 is 22.7 Å². The Morgan fingerprint density at radius 3 is 2.67 bits per heavy atom. The molecule has 0 atom stereocenters. The molecular weight excluding hydrogens is 323 g/mol. The maximum atomic E-state index is 12.6. The fourth-order valence-electron chi connectivity index (χ4n) is 2.05. The Morgan fingerprint density at radius 2 is 2.04 bits per heavy atom. The van der Waals surface area contributed by atoms with Crippen molar-refractivity contribution in [3.8, 4) is 5.88 Å². The Bertz CT molecular complexity index is 733. The zero-order valence-electron chi connectivity index (χ0n) is 13.1. The highest BCUT2D eigenvalue weighted by Gasteiger charge is 2.33. The third kappa shape index (κ3) is 4.21. The van der Waals surface area contributed by atoms with Crippen LogP contribution in [-0.2, 0) is 12.7 Å². The summed E-state index contributed by atoms with van der Waals surface area (Å²) < 4.78 is 43.2. The summed E-state index contributed by atoms with van der Waals surface area (Å²) in [6.45, 7) is 3.75. The van der Waals surface area contributed by atoms with Crippen LogP contribution in [0.3, 0.4) is 0 Å². The molecule has 0 aliphatic rings. The second kappa shape index (κ2) is 7.29. The number of amides is 1. The van der Waals surface area contributed by atoms with Gasteiger partial charge in [0.15, 0.2) is 0 Å². The van der Waals surface area contributed by atoms with Gasteiger partial charge in [-0.1, -0.05) is 6.07 Å². The van der Waals surface area contributed by atoms with E-state index < -0.39 is 17.8 Å². The van der Waals surface area contributed by atoms with E-state index in [0.717, 1.165) is 12.1 Å². The predicted octanol–water partition coefficient (Wildman–Crippen LogP) is 3.13. The van der Waals surface area contributed by atoms with Crippen LogP contribution in [0.15, 0.2) is 30.5 Å². The highest BCUT2D eigenvalue weighted by atomic mass is 19.4. The molecule has 0 saturated heterocycles. The minimum atomic E-state index is -4.54. The quantitative estimate of drug-likeness (QED) is 0.909. The van der Waals surface area contributed by atoms with Crippen molar-refractivity contribution in [1.29, 1.82) is 0 Å². The lowest BCUT2D eigenvalue weighted by Crippen LogP contribution is -2.25. The molecule has 5 nitrogen and oxygen atoms in total. The first kappa shape index (κ1) is 17.7. The Labute approximate surface area is 136 Å². The molecule has 0 radical (unpaired) electrons. The molecule has 2 aromatic heterocycles. The molecule has 24 heavy (non-hydrogen) atoms. The number of nitrogens with one attached hydrogen (secondary N) is 1. The lowest BCUT2D eigenvalue weighted by Gasteiger charge is -2.12. The number of carbonyl (C=O) groups excluding carboxylic acids is 1. The topological polar surface area (TPSA) is 64.1 Å². The number of carbonyl (C=O) groups is 1. The number of rotatable bonds is 5. The van der Waals surface area contributed by atoms with E-state index in [1.54, 1.807) is 18.3 Å². The van der Waals surface area contributed by atoms with Crippen LogP contribution < -0.4 is 10.1 Å². The number of aryl methyl sites for hydroxylation is 1. The third-order valence-corrected chi connectivity index (χ3v) is 3.19.